The van der Waals surface area contributed by atoms with Crippen molar-refractivity contribution in [2.45, 2.75) is 33.4 Å². The van der Waals surface area contributed by atoms with E-state index in [9.17, 15) is 0 Å². The number of aryl methyl sites for hydroxylation is 1. The van der Waals surface area contributed by atoms with Crippen LogP contribution in [0.1, 0.15) is 31.1 Å². The Balaban J connectivity index is 1.98. The predicted octanol–water partition coefficient (Wildman–Crippen LogP) is 5.11. The van der Waals surface area contributed by atoms with Crippen LogP contribution in [0.5, 0.6) is 5.75 Å². The molecule has 108 valence electrons. The van der Waals surface area contributed by atoms with Gasteiger partial charge in [-0.05, 0) is 50.6 Å². The molecule has 0 saturated carbocycles. The van der Waals surface area contributed by atoms with Crippen LogP contribution in [-0.4, -0.2) is 4.57 Å². The van der Waals surface area contributed by atoms with Crippen LogP contribution in [0.3, 0.4) is 0 Å². The molecule has 0 aliphatic heterocycles. The van der Waals surface area contributed by atoms with Gasteiger partial charge in [0.05, 0.1) is 5.69 Å². The molecule has 0 aliphatic rings. The van der Waals surface area contributed by atoms with Crippen LogP contribution in [0.2, 0.25) is 0 Å². The van der Waals surface area contributed by atoms with Gasteiger partial charge < -0.3 is 9.30 Å². The van der Waals surface area contributed by atoms with Crippen LogP contribution in [0.4, 0.5) is 0 Å². The summed E-state index contributed by atoms with van der Waals surface area (Å²) in [6.45, 7) is 7.19. The van der Waals surface area contributed by atoms with Gasteiger partial charge in [-0.1, -0.05) is 30.3 Å². The molecule has 0 atom stereocenters. The summed E-state index contributed by atoms with van der Waals surface area (Å²) < 4.78 is 8.30. The summed E-state index contributed by atoms with van der Waals surface area (Å²) in [5.74, 6) is 0.912. The highest BCUT2D eigenvalue weighted by Gasteiger charge is 2.13. The van der Waals surface area contributed by atoms with E-state index < -0.39 is 0 Å². The highest BCUT2D eigenvalue weighted by Crippen LogP contribution is 2.27. The lowest BCUT2D eigenvalue weighted by atomic mass is 10.1. The van der Waals surface area contributed by atoms with Crippen molar-refractivity contribution in [1.29, 1.82) is 0 Å². The number of fused-ring (bicyclic) bond motifs is 1. The molecular weight excluding hydrogens is 258 g/mol. The van der Waals surface area contributed by atoms with Crippen molar-refractivity contribution in [2.24, 2.45) is 0 Å². The summed E-state index contributed by atoms with van der Waals surface area (Å²) in [5.41, 5.74) is 3.82. The van der Waals surface area contributed by atoms with Crippen molar-refractivity contribution < 1.29 is 4.74 Å². The molecule has 0 spiro atoms. The Morgan fingerprint density at radius 1 is 1.00 bits per heavy atom. The largest absolute Gasteiger partial charge is 0.487 e. The molecule has 0 aliphatic carbocycles. The molecular formula is C19H21NO. The average Bonchev–Trinajstić information content (AvgIpc) is 2.86. The number of hydrogen-bond acceptors (Lipinski definition) is 1. The van der Waals surface area contributed by atoms with Crippen molar-refractivity contribution >= 4 is 10.9 Å². The molecule has 1 heterocycles. The maximum absolute atomic E-state index is 5.93. The standard InChI is InChI=1S/C19H21NO/c1-14(2)20-16(13-21-17-9-5-4-6-10-17)12-18-15(3)8-7-11-19(18)20/h4-12,14H,13H2,1-3H3. The molecule has 0 radical (unpaired) electrons. The average molecular weight is 279 g/mol. The maximum Gasteiger partial charge on any atom is 0.128 e. The van der Waals surface area contributed by atoms with Gasteiger partial charge in [-0.3, -0.25) is 0 Å². The van der Waals surface area contributed by atoms with E-state index in [0.29, 0.717) is 12.6 Å². The minimum Gasteiger partial charge on any atom is -0.487 e. The van der Waals surface area contributed by atoms with E-state index in [1.807, 2.05) is 30.3 Å². The third-order valence-electron chi connectivity index (χ3n) is 3.83. The monoisotopic (exact) mass is 279 g/mol. The number of rotatable bonds is 4. The summed E-state index contributed by atoms with van der Waals surface area (Å²) in [4.78, 5) is 0. The highest BCUT2D eigenvalue weighted by molar-refractivity contribution is 5.84. The smallest absolute Gasteiger partial charge is 0.128 e. The van der Waals surface area contributed by atoms with E-state index in [4.69, 9.17) is 4.74 Å². The van der Waals surface area contributed by atoms with Crippen molar-refractivity contribution in [3.8, 4) is 5.75 Å². The van der Waals surface area contributed by atoms with E-state index in [1.165, 1.54) is 22.2 Å². The summed E-state index contributed by atoms with van der Waals surface area (Å²) in [6.07, 6.45) is 0. The van der Waals surface area contributed by atoms with Gasteiger partial charge in [0.15, 0.2) is 0 Å². The molecule has 1 aromatic heterocycles. The summed E-state index contributed by atoms with van der Waals surface area (Å²) in [7, 11) is 0. The number of benzene rings is 2. The first-order valence-corrected chi connectivity index (χ1v) is 7.44. The van der Waals surface area contributed by atoms with E-state index >= 15 is 0 Å². The van der Waals surface area contributed by atoms with Gasteiger partial charge in [0.1, 0.15) is 12.4 Å². The normalized spacial score (nSPS) is 11.2. The third kappa shape index (κ3) is 2.66. The van der Waals surface area contributed by atoms with E-state index in [-0.39, 0.29) is 0 Å². The second-order valence-corrected chi connectivity index (χ2v) is 5.71. The lowest BCUT2D eigenvalue weighted by Crippen LogP contribution is -2.08. The van der Waals surface area contributed by atoms with Crippen LogP contribution in [0.25, 0.3) is 10.9 Å². The zero-order valence-electron chi connectivity index (χ0n) is 12.8. The van der Waals surface area contributed by atoms with Gasteiger partial charge in [0.25, 0.3) is 0 Å². The Hall–Kier alpha value is -2.22. The molecule has 21 heavy (non-hydrogen) atoms. The lowest BCUT2D eigenvalue weighted by Gasteiger charge is -2.15. The van der Waals surface area contributed by atoms with Gasteiger partial charge in [0, 0.05) is 16.9 Å². The Labute approximate surface area is 126 Å². The molecule has 2 heteroatoms. The van der Waals surface area contributed by atoms with Crippen LogP contribution in [0.15, 0.2) is 54.6 Å². The quantitative estimate of drug-likeness (QED) is 0.647. The molecule has 2 aromatic carbocycles. The first-order valence-electron chi connectivity index (χ1n) is 7.44. The van der Waals surface area contributed by atoms with Gasteiger partial charge in [0.2, 0.25) is 0 Å². The fourth-order valence-electron chi connectivity index (χ4n) is 2.85. The van der Waals surface area contributed by atoms with Crippen LogP contribution < -0.4 is 4.74 Å². The van der Waals surface area contributed by atoms with Gasteiger partial charge >= 0.3 is 0 Å². The van der Waals surface area contributed by atoms with Gasteiger partial charge in [-0.15, -0.1) is 0 Å². The zero-order chi connectivity index (χ0) is 14.8. The summed E-state index contributed by atoms with van der Waals surface area (Å²) in [5, 5.41) is 1.32. The Bertz CT molecular complexity index is 741. The van der Waals surface area contributed by atoms with Crippen LogP contribution in [-0.2, 0) is 6.61 Å². The minimum absolute atomic E-state index is 0.415. The fraction of sp³-hybridized carbons (Fsp3) is 0.263. The first kappa shape index (κ1) is 13.7. The Kier molecular flexibility index (Phi) is 3.70. The van der Waals surface area contributed by atoms with Crippen LogP contribution in [0, 0.1) is 6.92 Å². The number of ether oxygens (including phenoxy) is 1. The molecule has 3 rings (SSSR count). The molecule has 0 N–H and O–H groups in total. The van der Waals surface area contributed by atoms with Crippen LogP contribution >= 0.6 is 0 Å². The van der Waals surface area contributed by atoms with Gasteiger partial charge in [-0.2, -0.15) is 0 Å². The minimum atomic E-state index is 0.415. The first-order chi connectivity index (χ1) is 10.2. The van der Waals surface area contributed by atoms with Crippen molar-refractivity contribution in [3.63, 3.8) is 0 Å². The molecule has 0 fully saturated rings. The topological polar surface area (TPSA) is 14.2 Å². The maximum atomic E-state index is 5.93. The number of nitrogens with zero attached hydrogens (tertiary/aromatic N) is 1. The molecule has 0 amide bonds. The number of para-hydroxylation sites is 1. The number of aromatic nitrogens is 1. The predicted molar refractivity (Wildman–Crippen MR) is 87.8 cm³/mol. The highest BCUT2D eigenvalue weighted by atomic mass is 16.5. The molecule has 0 saturated heterocycles. The lowest BCUT2D eigenvalue weighted by molar-refractivity contribution is 0.293. The van der Waals surface area contributed by atoms with Crippen molar-refractivity contribution in [3.05, 3.63) is 65.9 Å². The van der Waals surface area contributed by atoms with E-state index in [2.05, 4.69) is 49.6 Å². The second-order valence-electron chi connectivity index (χ2n) is 5.71. The molecule has 2 nitrogen and oxygen atoms in total. The molecule has 0 unspecified atom stereocenters. The fourth-order valence-corrected chi connectivity index (χ4v) is 2.85. The van der Waals surface area contributed by atoms with Crippen molar-refractivity contribution in [1.82, 2.24) is 4.57 Å². The third-order valence-corrected chi connectivity index (χ3v) is 3.83. The Morgan fingerprint density at radius 3 is 2.48 bits per heavy atom. The molecule has 3 aromatic rings. The summed E-state index contributed by atoms with van der Waals surface area (Å²) >= 11 is 0. The van der Waals surface area contributed by atoms with Gasteiger partial charge in [-0.25, -0.2) is 0 Å². The SMILES string of the molecule is Cc1cccc2c1cc(COc1ccccc1)n2C(C)C. The summed E-state index contributed by atoms with van der Waals surface area (Å²) in [6, 6.07) is 19.1. The second kappa shape index (κ2) is 5.65. The molecule has 0 bridgehead atoms. The van der Waals surface area contributed by atoms with E-state index in [0.717, 1.165) is 5.75 Å². The zero-order valence-corrected chi connectivity index (χ0v) is 12.8. The van der Waals surface area contributed by atoms with Crippen molar-refractivity contribution in [2.75, 3.05) is 0 Å². The Morgan fingerprint density at radius 2 is 1.76 bits per heavy atom. The number of hydrogen-bond donors (Lipinski definition) is 0. The van der Waals surface area contributed by atoms with E-state index in [1.54, 1.807) is 0 Å².